The van der Waals surface area contributed by atoms with Crippen LogP contribution in [0.1, 0.15) is 19.3 Å². The average molecular weight is 266 g/mol. The topological polar surface area (TPSA) is 38.3 Å². The third kappa shape index (κ3) is 4.17. The Morgan fingerprint density at radius 2 is 2.33 bits per heavy atom. The lowest BCUT2D eigenvalue weighted by atomic mass is 10.1. The molecule has 4 heteroatoms. The number of carbonyl (C=O) groups excluding carboxylic acids is 1. The Labute approximate surface area is 112 Å². The second-order valence-electron chi connectivity index (χ2n) is 4.26. The largest absolute Gasteiger partial charge is 0.426 e. The second kappa shape index (κ2) is 6.57. The molecule has 3 nitrogen and oxygen atoms in total. The van der Waals surface area contributed by atoms with Gasteiger partial charge in [0, 0.05) is 18.0 Å². The van der Waals surface area contributed by atoms with Crippen molar-refractivity contribution in [2.45, 2.75) is 19.3 Å². The van der Waals surface area contributed by atoms with Gasteiger partial charge < -0.3 is 10.1 Å². The molecule has 0 unspecified atom stereocenters. The van der Waals surface area contributed by atoms with Crippen LogP contribution < -0.4 is 10.1 Å². The van der Waals surface area contributed by atoms with Crippen molar-refractivity contribution >= 4 is 17.6 Å². The Balaban J connectivity index is 1.80. The van der Waals surface area contributed by atoms with E-state index in [0.717, 1.165) is 25.9 Å². The fourth-order valence-electron chi connectivity index (χ4n) is 1.87. The van der Waals surface area contributed by atoms with E-state index in [-0.39, 0.29) is 5.97 Å². The highest BCUT2D eigenvalue weighted by atomic mass is 35.5. The number of benzene rings is 1. The molecule has 2 rings (SSSR count). The van der Waals surface area contributed by atoms with E-state index in [1.54, 1.807) is 24.3 Å². The van der Waals surface area contributed by atoms with Gasteiger partial charge in [-0.05, 0) is 37.6 Å². The molecule has 0 fully saturated rings. The highest BCUT2D eigenvalue weighted by molar-refractivity contribution is 6.30. The summed E-state index contributed by atoms with van der Waals surface area (Å²) in [7, 11) is 0. The van der Waals surface area contributed by atoms with Crippen LogP contribution in [0.4, 0.5) is 0 Å². The van der Waals surface area contributed by atoms with Crippen LogP contribution in [0.25, 0.3) is 0 Å². The fourth-order valence-corrected chi connectivity index (χ4v) is 2.05. The molecule has 1 aromatic carbocycles. The molecule has 0 bridgehead atoms. The Hall–Kier alpha value is -1.32. The predicted molar refractivity (Wildman–Crippen MR) is 71.9 cm³/mol. The molecule has 0 aromatic heterocycles. The van der Waals surface area contributed by atoms with Gasteiger partial charge in [0.25, 0.3) is 0 Å². The average Bonchev–Trinajstić information content (AvgIpc) is 2.38. The van der Waals surface area contributed by atoms with Crippen LogP contribution in [-0.4, -0.2) is 19.1 Å². The van der Waals surface area contributed by atoms with Crippen molar-refractivity contribution in [3.63, 3.8) is 0 Å². The summed E-state index contributed by atoms with van der Waals surface area (Å²) in [6.07, 6.45) is 4.40. The molecule has 0 atom stereocenters. The first-order valence-electron chi connectivity index (χ1n) is 6.09. The number of hydrogen-bond acceptors (Lipinski definition) is 3. The maximum atomic E-state index is 11.7. The molecule has 1 heterocycles. The second-order valence-corrected chi connectivity index (χ2v) is 4.70. The zero-order chi connectivity index (χ0) is 12.8. The number of halogens is 1. The third-order valence-corrected chi connectivity index (χ3v) is 3.02. The molecule has 0 saturated carbocycles. The van der Waals surface area contributed by atoms with Crippen LogP contribution in [0.15, 0.2) is 35.9 Å². The SMILES string of the molecule is O=C(CCC1=CCCNC1)Oc1cccc(Cl)c1. The van der Waals surface area contributed by atoms with Gasteiger partial charge in [-0.15, -0.1) is 0 Å². The monoisotopic (exact) mass is 265 g/mol. The first-order chi connectivity index (χ1) is 8.74. The summed E-state index contributed by atoms with van der Waals surface area (Å²) < 4.78 is 5.22. The van der Waals surface area contributed by atoms with Crippen molar-refractivity contribution in [2.75, 3.05) is 13.1 Å². The van der Waals surface area contributed by atoms with E-state index in [9.17, 15) is 4.79 Å². The molecule has 1 aliphatic rings. The van der Waals surface area contributed by atoms with E-state index >= 15 is 0 Å². The highest BCUT2D eigenvalue weighted by Crippen LogP contribution is 2.18. The van der Waals surface area contributed by atoms with Crippen LogP contribution in [0, 0.1) is 0 Å². The number of nitrogens with one attached hydrogen (secondary N) is 1. The summed E-state index contributed by atoms with van der Waals surface area (Å²) in [5.74, 6) is 0.284. The molecule has 1 aromatic rings. The third-order valence-electron chi connectivity index (χ3n) is 2.78. The van der Waals surface area contributed by atoms with Crippen molar-refractivity contribution in [2.24, 2.45) is 0 Å². The zero-order valence-corrected chi connectivity index (χ0v) is 10.9. The molecule has 0 amide bonds. The van der Waals surface area contributed by atoms with Gasteiger partial charge in [0.2, 0.25) is 0 Å². The van der Waals surface area contributed by atoms with Crippen LogP contribution in [0.5, 0.6) is 5.75 Å². The van der Waals surface area contributed by atoms with Crippen molar-refractivity contribution in [3.05, 3.63) is 40.9 Å². The standard InChI is InChI=1S/C14H16ClNO2/c15-12-4-1-5-13(9-12)18-14(17)7-6-11-3-2-8-16-10-11/h1,3-5,9,16H,2,6-8,10H2. The Bertz CT molecular complexity index is 457. The Morgan fingerprint density at radius 1 is 1.44 bits per heavy atom. The van der Waals surface area contributed by atoms with E-state index in [4.69, 9.17) is 16.3 Å². The van der Waals surface area contributed by atoms with Gasteiger partial charge in [-0.1, -0.05) is 29.3 Å². The summed E-state index contributed by atoms with van der Waals surface area (Å²) in [5, 5.41) is 3.85. The van der Waals surface area contributed by atoms with Crippen molar-refractivity contribution in [1.82, 2.24) is 5.32 Å². The number of carbonyl (C=O) groups is 1. The van der Waals surface area contributed by atoms with Gasteiger partial charge in [0.05, 0.1) is 0 Å². The van der Waals surface area contributed by atoms with Crippen LogP contribution in [-0.2, 0) is 4.79 Å². The molecular weight excluding hydrogens is 250 g/mol. The quantitative estimate of drug-likeness (QED) is 0.517. The smallest absolute Gasteiger partial charge is 0.311 e. The highest BCUT2D eigenvalue weighted by Gasteiger charge is 2.08. The van der Waals surface area contributed by atoms with Crippen LogP contribution in [0.3, 0.4) is 0 Å². The van der Waals surface area contributed by atoms with Crippen molar-refractivity contribution in [3.8, 4) is 5.75 Å². The van der Waals surface area contributed by atoms with Crippen LogP contribution in [0.2, 0.25) is 5.02 Å². The lowest BCUT2D eigenvalue weighted by Crippen LogP contribution is -2.22. The molecule has 1 N–H and O–H groups in total. The van der Waals surface area contributed by atoms with Gasteiger partial charge in [-0.3, -0.25) is 4.79 Å². The summed E-state index contributed by atoms with van der Waals surface area (Å²) in [5.41, 5.74) is 1.28. The summed E-state index contributed by atoms with van der Waals surface area (Å²) in [6, 6.07) is 6.88. The van der Waals surface area contributed by atoms with Crippen LogP contribution >= 0.6 is 11.6 Å². The Kier molecular flexibility index (Phi) is 4.79. The lowest BCUT2D eigenvalue weighted by Gasteiger charge is -2.13. The maximum Gasteiger partial charge on any atom is 0.311 e. The van der Waals surface area contributed by atoms with E-state index < -0.39 is 0 Å². The molecule has 96 valence electrons. The lowest BCUT2D eigenvalue weighted by molar-refractivity contribution is -0.134. The fraction of sp³-hybridized carbons (Fsp3) is 0.357. The van der Waals surface area contributed by atoms with Gasteiger partial charge >= 0.3 is 5.97 Å². The van der Waals surface area contributed by atoms with Crippen molar-refractivity contribution < 1.29 is 9.53 Å². The minimum Gasteiger partial charge on any atom is -0.426 e. The molecule has 0 aliphatic carbocycles. The first kappa shape index (κ1) is 13.1. The summed E-state index contributed by atoms with van der Waals surface area (Å²) in [6.45, 7) is 1.90. The molecule has 0 saturated heterocycles. The van der Waals surface area contributed by atoms with Gasteiger partial charge in [-0.2, -0.15) is 0 Å². The molecule has 18 heavy (non-hydrogen) atoms. The summed E-state index contributed by atoms with van der Waals surface area (Å²) >= 11 is 5.82. The zero-order valence-electron chi connectivity index (χ0n) is 10.1. The van der Waals surface area contributed by atoms with Gasteiger partial charge in [0.1, 0.15) is 5.75 Å². The van der Waals surface area contributed by atoms with E-state index in [0.29, 0.717) is 17.2 Å². The maximum absolute atomic E-state index is 11.7. The number of ether oxygens (including phenoxy) is 1. The molecular formula is C14H16ClNO2. The Morgan fingerprint density at radius 3 is 3.06 bits per heavy atom. The van der Waals surface area contributed by atoms with Crippen molar-refractivity contribution in [1.29, 1.82) is 0 Å². The predicted octanol–water partition coefficient (Wildman–Crippen LogP) is 2.95. The number of rotatable bonds is 4. The van der Waals surface area contributed by atoms with E-state index in [2.05, 4.69) is 11.4 Å². The van der Waals surface area contributed by atoms with Gasteiger partial charge in [0.15, 0.2) is 0 Å². The molecule has 0 radical (unpaired) electrons. The first-order valence-corrected chi connectivity index (χ1v) is 6.47. The van der Waals surface area contributed by atoms with E-state index in [1.807, 2.05) is 0 Å². The number of esters is 1. The van der Waals surface area contributed by atoms with Gasteiger partial charge in [-0.25, -0.2) is 0 Å². The molecule has 0 spiro atoms. The summed E-state index contributed by atoms with van der Waals surface area (Å²) in [4.78, 5) is 11.7. The molecule has 1 aliphatic heterocycles. The minimum atomic E-state index is -0.219. The van der Waals surface area contributed by atoms with E-state index in [1.165, 1.54) is 5.57 Å². The number of hydrogen-bond donors (Lipinski definition) is 1. The normalized spacial score (nSPS) is 15.1. The minimum absolute atomic E-state index is 0.219.